The number of carbonyl (C=O) groups is 1. The van der Waals surface area contributed by atoms with E-state index in [9.17, 15) is 4.79 Å². The van der Waals surface area contributed by atoms with Gasteiger partial charge in [-0.25, -0.2) is 4.79 Å². The molecule has 0 atom stereocenters. The standard InChI is InChI=1S/C18H22O2/c1-5-13-11-17(18(19)20-6-2)16-10-8-14(12(3)4)7-9-15(13)16/h7-12H,5-6H2,1-4H3. The van der Waals surface area contributed by atoms with Crippen molar-refractivity contribution in [1.29, 1.82) is 0 Å². The van der Waals surface area contributed by atoms with Crippen LogP contribution in [0.5, 0.6) is 0 Å². The summed E-state index contributed by atoms with van der Waals surface area (Å²) in [6.07, 6.45) is 0.914. The van der Waals surface area contributed by atoms with Crippen molar-refractivity contribution in [2.24, 2.45) is 0 Å². The third-order valence-corrected chi connectivity index (χ3v) is 3.67. The van der Waals surface area contributed by atoms with E-state index in [-0.39, 0.29) is 5.97 Å². The van der Waals surface area contributed by atoms with Gasteiger partial charge < -0.3 is 4.74 Å². The van der Waals surface area contributed by atoms with E-state index in [1.54, 1.807) is 0 Å². The fourth-order valence-corrected chi connectivity index (χ4v) is 2.49. The number of fused-ring (bicyclic) bond motifs is 1. The van der Waals surface area contributed by atoms with Gasteiger partial charge in [0.2, 0.25) is 0 Å². The molecule has 0 heterocycles. The quantitative estimate of drug-likeness (QED) is 0.756. The van der Waals surface area contributed by atoms with Crippen LogP contribution >= 0.6 is 0 Å². The van der Waals surface area contributed by atoms with E-state index in [4.69, 9.17) is 4.74 Å². The molecule has 2 aliphatic rings. The van der Waals surface area contributed by atoms with Gasteiger partial charge in [0.1, 0.15) is 0 Å². The fourth-order valence-electron chi connectivity index (χ4n) is 2.49. The first-order chi connectivity index (χ1) is 9.58. The van der Waals surface area contributed by atoms with E-state index in [0.29, 0.717) is 18.1 Å². The Kier molecular flexibility index (Phi) is 4.43. The van der Waals surface area contributed by atoms with E-state index >= 15 is 0 Å². The summed E-state index contributed by atoms with van der Waals surface area (Å²) in [4.78, 5) is 12.1. The highest BCUT2D eigenvalue weighted by Crippen LogP contribution is 2.33. The zero-order valence-corrected chi connectivity index (χ0v) is 12.7. The molecule has 0 radical (unpaired) electrons. The molecule has 0 amide bonds. The molecule has 0 unspecified atom stereocenters. The lowest BCUT2D eigenvalue weighted by Crippen LogP contribution is -2.03. The van der Waals surface area contributed by atoms with Gasteiger partial charge in [-0.05, 0) is 47.6 Å². The van der Waals surface area contributed by atoms with Crippen LogP contribution in [0.1, 0.15) is 55.1 Å². The number of hydrogen-bond acceptors (Lipinski definition) is 2. The zero-order valence-electron chi connectivity index (χ0n) is 12.7. The molecule has 0 saturated heterocycles. The maximum absolute atomic E-state index is 12.1. The minimum atomic E-state index is -0.227. The highest BCUT2D eigenvalue weighted by molar-refractivity contribution is 6.00. The molecule has 0 aromatic rings. The Morgan fingerprint density at radius 2 is 1.75 bits per heavy atom. The van der Waals surface area contributed by atoms with Crippen LogP contribution < -0.4 is 0 Å². The SMILES string of the molecule is CCOC(=O)c1cc(CC)c2ccc(C(C)C)ccc1-2. The van der Waals surface area contributed by atoms with Crippen molar-refractivity contribution in [1.82, 2.24) is 0 Å². The Hall–Kier alpha value is -1.83. The summed E-state index contributed by atoms with van der Waals surface area (Å²) >= 11 is 0. The van der Waals surface area contributed by atoms with Crippen LogP contribution in [0, 0.1) is 0 Å². The maximum Gasteiger partial charge on any atom is 0.338 e. The predicted molar refractivity (Wildman–Crippen MR) is 82.5 cm³/mol. The number of aryl methyl sites for hydroxylation is 1. The molecule has 0 N–H and O–H groups in total. The molecule has 2 aliphatic carbocycles. The molecule has 0 aromatic carbocycles. The highest BCUT2D eigenvalue weighted by Gasteiger charge is 2.20. The van der Waals surface area contributed by atoms with E-state index in [2.05, 4.69) is 45.0 Å². The molecular formula is C18H22O2. The molecule has 0 fully saturated rings. The second-order valence-electron chi connectivity index (χ2n) is 5.31. The molecule has 0 bridgehead atoms. The summed E-state index contributed by atoms with van der Waals surface area (Å²) in [7, 11) is 0. The number of carbonyl (C=O) groups excluding carboxylic acids is 1. The van der Waals surface area contributed by atoms with Crippen molar-refractivity contribution in [3.05, 3.63) is 47.0 Å². The minimum Gasteiger partial charge on any atom is -0.462 e. The minimum absolute atomic E-state index is 0.227. The van der Waals surface area contributed by atoms with Crippen molar-refractivity contribution < 1.29 is 9.53 Å². The molecule has 0 saturated carbocycles. The summed E-state index contributed by atoms with van der Waals surface area (Å²) in [6, 6.07) is 10.4. The molecule has 0 aromatic heterocycles. The van der Waals surface area contributed by atoms with E-state index < -0.39 is 0 Å². The number of esters is 1. The Balaban J connectivity index is 2.59. The lowest BCUT2D eigenvalue weighted by atomic mass is 10.1. The molecule has 2 nitrogen and oxygen atoms in total. The smallest absolute Gasteiger partial charge is 0.338 e. The van der Waals surface area contributed by atoms with Gasteiger partial charge in [0.25, 0.3) is 0 Å². The average molecular weight is 270 g/mol. The Labute approximate surface area is 121 Å². The third kappa shape index (κ3) is 2.69. The Morgan fingerprint density at radius 3 is 2.30 bits per heavy atom. The summed E-state index contributed by atoms with van der Waals surface area (Å²) in [6.45, 7) is 8.70. The van der Waals surface area contributed by atoms with Crippen LogP contribution in [0.3, 0.4) is 0 Å². The first-order valence-corrected chi connectivity index (χ1v) is 7.31. The van der Waals surface area contributed by atoms with Crippen molar-refractivity contribution in [2.45, 2.75) is 40.0 Å². The van der Waals surface area contributed by atoms with Crippen LogP contribution in [0.4, 0.5) is 0 Å². The normalized spacial score (nSPS) is 11.1. The largest absolute Gasteiger partial charge is 0.462 e. The molecule has 106 valence electrons. The Morgan fingerprint density at radius 1 is 1.10 bits per heavy atom. The average Bonchev–Trinajstić information content (AvgIpc) is 2.62. The van der Waals surface area contributed by atoms with Gasteiger partial charge in [0, 0.05) is 0 Å². The highest BCUT2D eigenvalue weighted by atomic mass is 16.5. The molecule has 0 aliphatic heterocycles. The van der Waals surface area contributed by atoms with E-state index in [1.165, 1.54) is 11.1 Å². The second-order valence-corrected chi connectivity index (χ2v) is 5.31. The topological polar surface area (TPSA) is 26.3 Å². The van der Waals surface area contributed by atoms with E-state index in [0.717, 1.165) is 17.5 Å². The van der Waals surface area contributed by atoms with Crippen LogP contribution in [0.15, 0.2) is 30.3 Å². The Bertz CT molecular complexity index is 584. The lowest BCUT2D eigenvalue weighted by molar-refractivity contribution is 0.0527. The van der Waals surface area contributed by atoms with Crippen LogP contribution in [-0.4, -0.2) is 12.6 Å². The summed E-state index contributed by atoms with van der Waals surface area (Å²) in [5, 5.41) is 0. The van der Waals surface area contributed by atoms with Gasteiger partial charge in [-0.15, -0.1) is 0 Å². The number of ether oxygens (including phenoxy) is 1. The van der Waals surface area contributed by atoms with Gasteiger partial charge in [0.05, 0.1) is 12.2 Å². The molecule has 2 rings (SSSR count). The maximum atomic E-state index is 12.1. The monoisotopic (exact) mass is 270 g/mol. The third-order valence-electron chi connectivity index (χ3n) is 3.67. The zero-order chi connectivity index (χ0) is 14.7. The summed E-state index contributed by atoms with van der Waals surface area (Å²) in [5.74, 6) is 0.247. The van der Waals surface area contributed by atoms with Crippen LogP contribution in [-0.2, 0) is 11.2 Å². The first-order valence-electron chi connectivity index (χ1n) is 7.31. The van der Waals surface area contributed by atoms with Crippen LogP contribution in [0.2, 0.25) is 0 Å². The van der Waals surface area contributed by atoms with Gasteiger partial charge in [-0.2, -0.15) is 0 Å². The number of rotatable bonds is 4. The van der Waals surface area contributed by atoms with Crippen molar-refractivity contribution in [3.63, 3.8) is 0 Å². The molecule has 2 heteroatoms. The van der Waals surface area contributed by atoms with Crippen LogP contribution in [0.25, 0.3) is 11.1 Å². The molecular weight excluding hydrogens is 248 g/mol. The lowest BCUT2D eigenvalue weighted by Gasteiger charge is -2.01. The molecule has 0 spiro atoms. The van der Waals surface area contributed by atoms with Gasteiger partial charge >= 0.3 is 5.97 Å². The van der Waals surface area contributed by atoms with Crippen molar-refractivity contribution in [3.8, 4) is 11.1 Å². The second kappa shape index (κ2) is 6.08. The van der Waals surface area contributed by atoms with Gasteiger partial charge in [-0.3, -0.25) is 0 Å². The summed E-state index contributed by atoms with van der Waals surface area (Å²) in [5.41, 5.74) is 5.31. The summed E-state index contributed by atoms with van der Waals surface area (Å²) < 4.78 is 5.16. The van der Waals surface area contributed by atoms with Crippen molar-refractivity contribution >= 4 is 5.97 Å². The van der Waals surface area contributed by atoms with E-state index in [1.807, 2.05) is 13.0 Å². The number of hydrogen-bond donors (Lipinski definition) is 0. The first kappa shape index (κ1) is 14.6. The van der Waals surface area contributed by atoms with Gasteiger partial charge in [0.15, 0.2) is 0 Å². The van der Waals surface area contributed by atoms with Gasteiger partial charge in [-0.1, -0.05) is 45.0 Å². The van der Waals surface area contributed by atoms with Crippen molar-refractivity contribution in [2.75, 3.05) is 6.61 Å². The predicted octanol–water partition coefficient (Wildman–Crippen LogP) is 4.65. The fraction of sp³-hybridized carbons (Fsp3) is 0.389. The molecule has 20 heavy (non-hydrogen) atoms.